The lowest BCUT2D eigenvalue weighted by Crippen LogP contribution is -2.34. The van der Waals surface area contributed by atoms with Crippen molar-refractivity contribution in [2.75, 3.05) is 5.32 Å². The van der Waals surface area contributed by atoms with Crippen molar-refractivity contribution < 1.29 is 9.53 Å². The molecule has 0 saturated heterocycles. The first-order chi connectivity index (χ1) is 11.5. The van der Waals surface area contributed by atoms with Gasteiger partial charge in [-0.1, -0.05) is 6.42 Å². The summed E-state index contributed by atoms with van der Waals surface area (Å²) in [6, 6.07) is 3.71. The number of carbonyl (C=O) groups excluding carboxylic acids is 1. The number of rotatable bonds is 4. The summed E-state index contributed by atoms with van der Waals surface area (Å²) in [7, 11) is 1.78. The lowest BCUT2D eigenvalue weighted by molar-refractivity contribution is -0.120. The molecule has 0 radical (unpaired) electrons. The summed E-state index contributed by atoms with van der Waals surface area (Å²) < 4.78 is 7.48. The molecule has 3 rings (SSSR count). The van der Waals surface area contributed by atoms with Crippen LogP contribution in [0.25, 0.3) is 0 Å². The van der Waals surface area contributed by atoms with E-state index < -0.39 is 0 Å². The Morgan fingerprint density at radius 1 is 1.46 bits per heavy atom. The van der Waals surface area contributed by atoms with Gasteiger partial charge in [0.2, 0.25) is 11.8 Å². The fourth-order valence-corrected chi connectivity index (χ4v) is 3.11. The molecule has 128 valence electrons. The fraction of sp³-hybridized carbons (Fsp3) is 0.471. The first kappa shape index (κ1) is 16.4. The molecule has 1 amide bonds. The molecule has 0 unspecified atom stereocenters. The van der Waals surface area contributed by atoms with E-state index in [1.165, 1.54) is 0 Å². The monoisotopic (exact) mass is 329 g/mol. The van der Waals surface area contributed by atoms with Crippen molar-refractivity contribution in [3.8, 4) is 11.6 Å². The second kappa shape index (κ2) is 7.00. The number of anilines is 1. The molecule has 24 heavy (non-hydrogen) atoms. The Labute approximate surface area is 141 Å². The lowest BCUT2D eigenvalue weighted by Gasteiger charge is -2.25. The predicted molar refractivity (Wildman–Crippen MR) is 90.8 cm³/mol. The van der Waals surface area contributed by atoms with Gasteiger partial charge in [-0.25, -0.2) is 4.68 Å². The number of pyridine rings is 1. The number of ether oxygens (including phenoxy) is 1. The number of amides is 1. The molecule has 0 spiro atoms. The highest BCUT2D eigenvalue weighted by Crippen LogP contribution is 2.33. The molecule has 2 aromatic rings. The maximum atomic E-state index is 12.6. The summed E-state index contributed by atoms with van der Waals surface area (Å²) in [5.74, 6) is 1.02. The predicted octanol–water partition coefficient (Wildman–Crippen LogP) is 2.37. The second-order valence-corrected chi connectivity index (χ2v) is 6.29. The Morgan fingerprint density at radius 2 is 2.29 bits per heavy atom. The molecule has 0 aliphatic heterocycles. The van der Waals surface area contributed by atoms with Gasteiger partial charge >= 0.3 is 0 Å². The van der Waals surface area contributed by atoms with Crippen molar-refractivity contribution in [2.45, 2.75) is 38.6 Å². The number of carbonyl (C=O) groups is 1. The summed E-state index contributed by atoms with van der Waals surface area (Å²) in [5, 5.41) is 7.34. The molecule has 0 aromatic carbocycles. The normalized spacial score (nSPS) is 20.6. The Hall–Kier alpha value is -2.41. The summed E-state index contributed by atoms with van der Waals surface area (Å²) in [6.07, 6.45) is 6.88. The van der Waals surface area contributed by atoms with Crippen molar-refractivity contribution >= 4 is 11.6 Å². The minimum Gasteiger partial charge on any atom is -0.436 e. The highest BCUT2D eigenvalue weighted by molar-refractivity contribution is 5.94. The van der Waals surface area contributed by atoms with Gasteiger partial charge in [0.15, 0.2) is 0 Å². The number of nitrogens with zero attached hydrogens (tertiary/aromatic N) is 3. The van der Waals surface area contributed by atoms with E-state index in [1.54, 1.807) is 36.3 Å². The van der Waals surface area contributed by atoms with Crippen molar-refractivity contribution in [1.29, 1.82) is 0 Å². The lowest BCUT2D eigenvalue weighted by atomic mass is 9.85. The van der Waals surface area contributed by atoms with E-state index >= 15 is 0 Å². The van der Waals surface area contributed by atoms with Crippen LogP contribution >= 0.6 is 0 Å². The zero-order valence-corrected chi connectivity index (χ0v) is 14.0. The van der Waals surface area contributed by atoms with Crippen LogP contribution in [0.1, 0.15) is 31.4 Å². The zero-order chi connectivity index (χ0) is 17.1. The van der Waals surface area contributed by atoms with Gasteiger partial charge in [0.1, 0.15) is 11.4 Å². The van der Waals surface area contributed by atoms with Gasteiger partial charge in [0.25, 0.3) is 0 Å². The maximum Gasteiger partial charge on any atom is 0.241 e. The quantitative estimate of drug-likeness (QED) is 0.898. The fourth-order valence-electron chi connectivity index (χ4n) is 3.11. The van der Waals surface area contributed by atoms with Gasteiger partial charge in [-0.3, -0.25) is 9.78 Å². The van der Waals surface area contributed by atoms with E-state index in [0.29, 0.717) is 23.0 Å². The summed E-state index contributed by atoms with van der Waals surface area (Å²) in [6.45, 7) is 1.85. The average molecular weight is 329 g/mol. The van der Waals surface area contributed by atoms with E-state index in [9.17, 15) is 4.79 Å². The molecule has 0 bridgehead atoms. The molecule has 1 fully saturated rings. The smallest absolute Gasteiger partial charge is 0.241 e. The number of hydrogen-bond donors (Lipinski definition) is 2. The van der Waals surface area contributed by atoms with Crippen molar-refractivity contribution in [2.24, 2.45) is 18.7 Å². The molecule has 1 aliphatic rings. The first-order valence-corrected chi connectivity index (χ1v) is 8.22. The molecule has 3 N–H and O–H groups in total. The van der Waals surface area contributed by atoms with Gasteiger partial charge in [-0.2, -0.15) is 5.10 Å². The summed E-state index contributed by atoms with van der Waals surface area (Å²) in [4.78, 5) is 16.6. The van der Waals surface area contributed by atoms with Gasteiger partial charge in [-0.15, -0.1) is 0 Å². The third-order valence-electron chi connectivity index (χ3n) is 4.35. The topological polar surface area (TPSA) is 95.1 Å². The molecular formula is C17H23N5O2. The van der Waals surface area contributed by atoms with Crippen LogP contribution in [0.15, 0.2) is 24.5 Å². The number of hydrogen-bond acceptors (Lipinski definition) is 5. The zero-order valence-electron chi connectivity index (χ0n) is 14.0. The molecule has 7 nitrogen and oxygen atoms in total. The Bertz CT molecular complexity index is 713. The number of aryl methyl sites for hydroxylation is 2. The minimum absolute atomic E-state index is 0.0164. The minimum atomic E-state index is -0.0559. The molecule has 2 aromatic heterocycles. The van der Waals surface area contributed by atoms with Gasteiger partial charge in [0, 0.05) is 25.2 Å². The molecule has 1 aliphatic carbocycles. The van der Waals surface area contributed by atoms with Crippen LogP contribution in [0.4, 0.5) is 5.69 Å². The largest absolute Gasteiger partial charge is 0.436 e. The molecular weight excluding hydrogens is 306 g/mol. The van der Waals surface area contributed by atoms with E-state index in [-0.39, 0.29) is 17.9 Å². The number of nitrogens with two attached hydrogens (primary N) is 1. The van der Waals surface area contributed by atoms with Crippen molar-refractivity contribution in [1.82, 2.24) is 14.8 Å². The Kier molecular flexibility index (Phi) is 4.80. The summed E-state index contributed by atoms with van der Waals surface area (Å²) in [5.41, 5.74) is 7.31. The molecule has 2 heterocycles. The molecule has 1 saturated carbocycles. The van der Waals surface area contributed by atoms with Crippen LogP contribution in [-0.4, -0.2) is 26.7 Å². The van der Waals surface area contributed by atoms with Crippen LogP contribution in [0.5, 0.6) is 11.6 Å². The van der Waals surface area contributed by atoms with Crippen molar-refractivity contribution in [3.05, 3.63) is 30.2 Å². The second-order valence-electron chi connectivity index (χ2n) is 6.29. The van der Waals surface area contributed by atoms with Crippen LogP contribution in [0.2, 0.25) is 0 Å². The van der Waals surface area contributed by atoms with Crippen LogP contribution in [0, 0.1) is 12.8 Å². The molecule has 7 heteroatoms. The first-order valence-electron chi connectivity index (χ1n) is 8.22. The highest BCUT2D eigenvalue weighted by atomic mass is 16.5. The van der Waals surface area contributed by atoms with E-state index in [2.05, 4.69) is 15.4 Å². The SMILES string of the molecule is Cc1nn(C)c(Oc2cccnc2)c1NC(=O)[C@@H]1CCC[C@@H](N)C1. The third-order valence-corrected chi connectivity index (χ3v) is 4.35. The van der Waals surface area contributed by atoms with E-state index in [4.69, 9.17) is 10.5 Å². The Morgan fingerprint density at radius 3 is 3.00 bits per heavy atom. The number of nitrogens with one attached hydrogen (secondary N) is 1. The van der Waals surface area contributed by atoms with Gasteiger partial charge < -0.3 is 15.8 Å². The van der Waals surface area contributed by atoms with Crippen LogP contribution in [0.3, 0.4) is 0 Å². The van der Waals surface area contributed by atoms with Crippen molar-refractivity contribution in [3.63, 3.8) is 0 Å². The average Bonchev–Trinajstić information content (AvgIpc) is 2.83. The Balaban J connectivity index is 1.79. The van der Waals surface area contributed by atoms with Gasteiger partial charge in [0.05, 0.1) is 11.9 Å². The van der Waals surface area contributed by atoms with E-state index in [1.807, 2.05) is 6.92 Å². The van der Waals surface area contributed by atoms with Crippen LogP contribution in [-0.2, 0) is 11.8 Å². The number of aromatic nitrogens is 3. The third kappa shape index (κ3) is 3.56. The summed E-state index contributed by atoms with van der Waals surface area (Å²) >= 11 is 0. The molecule has 2 atom stereocenters. The maximum absolute atomic E-state index is 12.6. The highest BCUT2D eigenvalue weighted by Gasteiger charge is 2.27. The van der Waals surface area contributed by atoms with Gasteiger partial charge in [-0.05, 0) is 38.3 Å². The standard InChI is InChI=1S/C17H23N5O2/c1-11-15(20-16(23)12-5-3-6-13(18)9-12)17(22(2)21-11)24-14-7-4-8-19-10-14/h4,7-8,10,12-13H,3,5-6,9,18H2,1-2H3,(H,20,23)/t12-,13-/m1/s1. The van der Waals surface area contributed by atoms with Crippen LogP contribution < -0.4 is 15.8 Å². The van der Waals surface area contributed by atoms with E-state index in [0.717, 1.165) is 25.7 Å².